The van der Waals surface area contributed by atoms with Crippen LogP contribution < -0.4 is 9.47 Å². The standard InChI is InChI=1S/C17H21NO4/c1-18-8-10-3-4-12(21-2)16-15(10)17(13(20)9-18)6-5-11(19)7-14(17)22-16/h3-6,11,13-14,19-20H,7-9H2,1-2H3/t11-,13?,14-,17-/m0/s1. The molecule has 0 fully saturated rings. The van der Waals surface area contributed by atoms with Gasteiger partial charge in [0.05, 0.1) is 24.7 Å². The molecule has 0 aromatic heterocycles. The van der Waals surface area contributed by atoms with Crippen LogP contribution in [0.2, 0.25) is 0 Å². The first-order valence-corrected chi connectivity index (χ1v) is 7.67. The normalized spacial score (nSPS) is 36.3. The van der Waals surface area contributed by atoms with Crippen LogP contribution in [0.5, 0.6) is 11.5 Å². The van der Waals surface area contributed by atoms with Crippen molar-refractivity contribution < 1.29 is 19.7 Å². The van der Waals surface area contributed by atoms with Gasteiger partial charge in [0.15, 0.2) is 11.5 Å². The highest BCUT2D eigenvalue weighted by atomic mass is 16.5. The zero-order chi connectivity index (χ0) is 15.5. The average molecular weight is 303 g/mol. The Balaban J connectivity index is 1.99. The topological polar surface area (TPSA) is 62.2 Å². The zero-order valence-electron chi connectivity index (χ0n) is 12.8. The van der Waals surface area contributed by atoms with E-state index in [0.29, 0.717) is 18.7 Å². The summed E-state index contributed by atoms with van der Waals surface area (Å²) in [6, 6.07) is 3.98. The highest BCUT2D eigenvalue weighted by Gasteiger charge is 2.57. The van der Waals surface area contributed by atoms with Gasteiger partial charge in [-0.1, -0.05) is 18.2 Å². The molecule has 3 aliphatic rings. The van der Waals surface area contributed by atoms with Gasteiger partial charge >= 0.3 is 0 Å². The first-order chi connectivity index (χ1) is 10.6. The Labute approximate surface area is 129 Å². The van der Waals surface area contributed by atoms with Crippen LogP contribution in [0.1, 0.15) is 17.5 Å². The highest BCUT2D eigenvalue weighted by Crippen LogP contribution is 2.55. The summed E-state index contributed by atoms with van der Waals surface area (Å²) in [7, 11) is 3.63. The first kappa shape index (κ1) is 14.1. The molecule has 5 heteroatoms. The highest BCUT2D eigenvalue weighted by molar-refractivity contribution is 5.61. The Hall–Kier alpha value is -1.56. The molecule has 2 aliphatic heterocycles. The zero-order valence-corrected chi connectivity index (χ0v) is 12.8. The van der Waals surface area contributed by atoms with E-state index < -0.39 is 17.6 Å². The van der Waals surface area contributed by atoms with Gasteiger partial charge in [-0.2, -0.15) is 0 Å². The van der Waals surface area contributed by atoms with Crippen LogP contribution in [0.4, 0.5) is 0 Å². The van der Waals surface area contributed by atoms with E-state index in [0.717, 1.165) is 23.4 Å². The predicted molar refractivity (Wildman–Crippen MR) is 81.2 cm³/mol. The fourth-order valence-corrected chi connectivity index (χ4v) is 4.19. The summed E-state index contributed by atoms with van der Waals surface area (Å²) in [6.07, 6.45) is 2.83. The third-order valence-electron chi connectivity index (χ3n) is 5.18. The van der Waals surface area contributed by atoms with E-state index in [2.05, 4.69) is 11.0 Å². The second-order valence-electron chi connectivity index (χ2n) is 6.55. The first-order valence-electron chi connectivity index (χ1n) is 7.67. The maximum Gasteiger partial charge on any atom is 0.166 e. The summed E-state index contributed by atoms with van der Waals surface area (Å²) in [5, 5.41) is 20.9. The van der Waals surface area contributed by atoms with E-state index in [9.17, 15) is 10.2 Å². The molecule has 1 aliphatic carbocycles. The molecule has 0 amide bonds. The van der Waals surface area contributed by atoms with Crippen molar-refractivity contribution in [3.05, 3.63) is 35.4 Å². The summed E-state index contributed by atoms with van der Waals surface area (Å²) in [6.45, 7) is 1.33. The van der Waals surface area contributed by atoms with E-state index in [1.807, 2.05) is 19.2 Å². The lowest BCUT2D eigenvalue weighted by atomic mass is 9.67. The van der Waals surface area contributed by atoms with Crippen molar-refractivity contribution in [3.8, 4) is 11.5 Å². The van der Waals surface area contributed by atoms with E-state index >= 15 is 0 Å². The Morgan fingerprint density at radius 2 is 2.18 bits per heavy atom. The van der Waals surface area contributed by atoms with Gasteiger partial charge in [0.1, 0.15) is 6.10 Å². The van der Waals surface area contributed by atoms with Crippen LogP contribution in [0.3, 0.4) is 0 Å². The van der Waals surface area contributed by atoms with Gasteiger partial charge in [-0.05, 0) is 18.7 Å². The van der Waals surface area contributed by atoms with Crippen molar-refractivity contribution >= 4 is 0 Å². The summed E-state index contributed by atoms with van der Waals surface area (Å²) < 4.78 is 11.6. The lowest BCUT2D eigenvalue weighted by Crippen LogP contribution is -2.52. The van der Waals surface area contributed by atoms with Gasteiger partial charge in [-0.25, -0.2) is 0 Å². The Morgan fingerprint density at radius 3 is 2.95 bits per heavy atom. The van der Waals surface area contributed by atoms with E-state index in [4.69, 9.17) is 9.47 Å². The molecule has 5 nitrogen and oxygen atoms in total. The van der Waals surface area contributed by atoms with Crippen molar-refractivity contribution in [2.24, 2.45) is 0 Å². The number of ether oxygens (including phenoxy) is 2. The van der Waals surface area contributed by atoms with Gasteiger partial charge in [-0.15, -0.1) is 0 Å². The number of aliphatic hydroxyl groups excluding tert-OH is 2. The van der Waals surface area contributed by atoms with Gasteiger partial charge in [0.25, 0.3) is 0 Å². The third-order valence-corrected chi connectivity index (χ3v) is 5.18. The summed E-state index contributed by atoms with van der Waals surface area (Å²) in [5.74, 6) is 1.41. The maximum absolute atomic E-state index is 10.9. The summed E-state index contributed by atoms with van der Waals surface area (Å²) in [5.41, 5.74) is 1.58. The smallest absolute Gasteiger partial charge is 0.166 e. The van der Waals surface area contributed by atoms with Gasteiger partial charge in [-0.3, -0.25) is 4.90 Å². The molecule has 0 saturated carbocycles. The molecule has 2 heterocycles. The second kappa shape index (κ2) is 4.72. The van der Waals surface area contributed by atoms with Gasteiger partial charge < -0.3 is 19.7 Å². The van der Waals surface area contributed by atoms with Crippen molar-refractivity contribution in [1.82, 2.24) is 4.90 Å². The minimum atomic E-state index is -0.594. The van der Waals surface area contributed by atoms with Crippen molar-refractivity contribution in [2.45, 2.75) is 36.7 Å². The monoisotopic (exact) mass is 303 g/mol. The number of hydrogen-bond acceptors (Lipinski definition) is 5. The molecule has 0 bridgehead atoms. The minimum Gasteiger partial charge on any atom is -0.493 e. The van der Waals surface area contributed by atoms with E-state index in [1.54, 1.807) is 13.2 Å². The quantitative estimate of drug-likeness (QED) is 0.752. The van der Waals surface area contributed by atoms with Gasteiger partial charge in [0.2, 0.25) is 0 Å². The fourth-order valence-electron chi connectivity index (χ4n) is 4.19. The molecule has 1 unspecified atom stereocenters. The lowest BCUT2D eigenvalue weighted by molar-refractivity contribution is 0.00643. The van der Waals surface area contributed by atoms with Crippen LogP contribution in [0.15, 0.2) is 24.3 Å². The van der Waals surface area contributed by atoms with E-state index in [1.165, 1.54) is 0 Å². The van der Waals surface area contributed by atoms with Crippen LogP contribution in [0, 0.1) is 0 Å². The largest absolute Gasteiger partial charge is 0.493 e. The number of hydrogen-bond donors (Lipinski definition) is 2. The average Bonchev–Trinajstić information content (AvgIpc) is 2.77. The van der Waals surface area contributed by atoms with Crippen molar-refractivity contribution in [3.63, 3.8) is 0 Å². The number of likely N-dealkylation sites (N-methyl/N-ethyl adjacent to an activating group) is 1. The molecule has 2 N–H and O–H groups in total. The number of methoxy groups -OCH3 is 1. The number of rotatable bonds is 1. The molecular formula is C17H21NO4. The second-order valence-corrected chi connectivity index (χ2v) is 6.55. The van der Waals surface area contributed by atoms with Crippen LogP contribution in [-0.4, -0.2) is 54.1 Å². The van der Waals surface area contributed by atoms with Crippen LogP contribution in [0.25, 0.3) is 0 Å². The van der Waals surface area contributed by atoms with Gasteiger partial charge in [0, 0.05) is 25.1 Å². The molecule has 4 rings (SSSR count). The number of nitrogens with zero attached hydrogens (tertiary/aromatic N) is 1. The predicted octanol–water partition coefficient (Wildman–Crippen LogP) is 0.821. The maximum atomic E-state index is 10.9. The molecule has 22 heavy (non-hydrogen) atoms. The Bertz CT molecular complexity index is 644. The number of benzene rings is 1. The summed E-state index contributed by atoms with van der Waals surface area (Å²) >= 11 is 0. The van der Waals surface area contributed by atoms with Crippen molar-refractivity contribution in [2.75, 3.05) is 20.7 Å². The molecule has 4 atom stereocenters. The number of aliphatic hydroxyl groups is 2. The minimum absolute atomic E-state index is 0.265. The van der Waals surface area contributed by atoms with Crippen molar-refractivity contribution in [1.29, 1.82) is 0 Å². The lowest BCUT2D eigenvalue weighted by Gasteiger charge is -2.39. The molecule has 1 aromatic carbocycles. The third kappa shape index (κ3) is 1.70. The molecular weight excluding hydrogens is 282 g/mol. The SMILES string of the molecule is COc1ccc2c3c1O[C@H]1C[C@@H](O)C=C[C@@]31C(O)CN(C)C2. The summed E-state index contributed by atoms with van der Waals surface area (Å²) in [4.78, 5) is 2.12. The number of β-amino-alcohol motifs (C(OH)–C–C–N with tert-alkyl or cyclic N) is 1. The van der Waals surface area contributed by atoms with Crippen LogP contribution >= 0.6 is 0 Å². The fraction of sp³-hybridized carbons (Fsp3) is 0.529. The Morgan fingerprint density at radius 1 is 1.36 bits per heavy atom. The molecule has 1 aromatic rings. The Kier molecular flexibility index (Phi) is 3.01. The molecule has 1 spiro atoms. The molecule has 0 saturated heterocycles. The molecule has 0 radical (unpaired) electrons. The molecule has 118 valence electrons. The van der Waals surface area contributed by atoms with Crippen LogP contribution in [-0.2, 0) is 12.0 Å². The van der Waals surface area contributed by atoms with E-state index in [-0.39, 0.29) is 6.10 Å².